The van der Waals surface area contributed by atoms with E-state index < -0.39 is 0 Å². The summed E-state index contributed by atoms with van der Waals surface area (Å²) < 4.78 is 2.78. The molecule has 0 spiro atoms. The number of pyridine rings is 1. The Bertz CT molecular complexity index is 1040. The third-order valence-electron chi connectivity index (χ3n) is 3.49. The second kappa shape index (κ2) is 7.48. The average Bonchev–Trinajstić information content (AvgIpc) is 3.37. The zero-order valence-electron chi connectivity index (χ0n) is 13.3. The molecule has 4 rings (SSSR count). The Labute approximate surface area is 165 Å². The minimum absolute atomic E-state index is 0.266. The number of hydrogen-bond donors (Lipinski definition) is 1. The van der Waals surface area contributed by atoms with Gasteiger partial charge in [-0.05, 0) is 39.7 Å². The molecule has 0 fully saturated rings. The molecule has 0 aromatic carbocycles. The molecule has 0 bridgehead atoms. The van der Waals surface area contributed by atoms with E-state index in [9.17, 15) is 4.79 Å². The molecular weight excluding hydrogens is 434 g/mol. The fourth-order valence-electron chi connectivity index (χ4n) is 2.29. The number of nitrogens with zero attached hydrogens (tertiary/aromatic N) is 4. The van der Waals surface area contributed by atoms with Crippen LogP contribution in [0.1, 0.15) is 16.1 Å². The molecular formula is C17H12BrN5OS2. The Balaban J connectivity index is 1.43. The van der Waals surface area contributed by atoms with E-state index in [1.807, 2.05) is 29.8 Å². The lowest BCUT2D eigenvalue weighted by Gasteiger charge is -2.01. The van der Waals surface area contributed by atoms with E-state index in [-0.39, 0.29) is 5.91 Å². The normalized spacial score (nSPS) is 10.8. The molecule has 0 saturated carbocycles. The average molecular weight is 446 g/mol. The number of rotatable bonds is 5. The van der Waals surface area contributed by atoms with E-state index in [0.717, 1.165) is 19.9 Å². The topological polar surface area (TPSA) is 72.7 Å². The Kier molecular flexibility index (Phi) is 4.91. The highest BCUT2D eigenvalue weighted by Gasteiger charge is 2.14. The van der Waals surface area contributed by atoms with Crippen molar-refractivity contribution >= 4 is 50.3 Å². The molecule has 130 valence electrons. The first-order chi connectivity index (χ1) is 12.7. The second-order valence-electron chi connectivity index (χ2n) is 5.38. The van der Waals surface area contributed by atoms with Gasteiger partial charge in [0.2, 0.25) is 0 Å². The van der Waals surface area contributed by atoms with Crippen LogP contribution in [0.25, 0.3) is 9.88 Å². The molecule has 0 aliphatic rings. The molecule has 6 nitrogen and oxygen atoms in total. The van der Waals surface area contributed by atoms with E-state index in [2.05, 4.69) is 36.3 Å². The van der Waals surface area contributed by atoms with E-state index in [1.165, 1.54) is 11.3 Å². The highest BCUT2D eigenvalue weighted by Crippen LogP contribution is 2.32. The monoisotopic (exact) mass is 445 g/mol. The van der Waals surface area contributed by atoms with Crippen LogP contribution in [0.2, 0.25) is 0 Å². The van der Waals surface area contributed by atoms with Gasteiger partial charge in [0.05, 0.1) is 11.4 Å². The van der Waals surface area contributed by atoms with E-state index in [4.69, 9.17) is 0 Å². The van der Waals surface area contributed by atoms with Gasteiger partial charge in [-0.3, -0.25) is 14.5 Å². The Morgan fingerprint density at radius 3 is 2.81 bits per heavy atom. The van der Waals surface area contributed by atoms with Crippen LogP contribution >= 0.6 is 38.6 Å². The Morgan fingerprint density at radius 1 is 1.19 bits per heavy atom. The minimum atomic E-state index is -0.266. The highest BCUT2D eigenvalue weighted by molar-refractivity contribution is 9.10. The summed E-state index contributed by atoms with van der Waals surface area (Å²) in [6, 6.07) is 7.62. The standard InChI is InChI=1S/C17H12BrN5OS2/c18-12-7-14(25-9-12)17-20-13(10-26-17)16(24)21-15-3-6-23(22-15)8-11-1-4-19-5-2-11/h1-7,9-10H,8H2,(H,21,22,24). The maximum absolute atomic E-state index is 12.4. The fourth-order valence-corrected chi connectivity index (χ4v) is 4.60. The third kappa shape index (κ3) is 3.90. The smallest absolute Gasteiger partial charge is 0.276 e. The summed E-state index contributed by atoms with van der Waals surface area (Å²) in [6.07, 6.45) is 5.31. The summed E-state index contributed by atoms with van der Waals surface area (Å²) >= 11 is 6.46. The van der Waals surface area contributed by atoms with Gasteiger partial charge >= 0.3 is 0 Å². The maximum atomic E-state index is 12.4. The van der Waals surface area contributed by atoms with Crippen molar-refractivity contribution in [2.75, 3.05) is 5.32 Å². The molecule has 9 heteroatoms. The van der Waals surface area contributed by atoms with Gasteiger partial charge in [0.15, 0.2) is 5.82 Å². The molecule has 26 heavy (non-hydrogen) atoms. The van der Waals surface area contributed by atoms with Crippen molar-refractivity contribution in [1.82, 2.24) is 19.7 Å². The first-order valence-electron chi connectivity index (χ1n) is 7.61. The predicted molar refractivity (Wildman–Crippen MR) is 107 cm³/mol. The zero-order chi connectivity index (χ0) is 17.9. The summed E-state index contributed by atoms with van der Waals surface area (Å²) in [5, 5.41) is 11.7. The molecule has 4 aromatic heterocycles. The summed E-state index contributed by atoms with van der Waals surface area (Å²) in [4.78, 5) is 21.8. The second-order valence-corrected chi connectivity index (χ2v) is 8.06. The lowest BCUT2D eigenvalue weighted by molar-refractivity contribution is 0.102. The van der Waals surface area contributed by atoms with Gasteiger partial charge in [0.1, 0.15) is 10.7 Å². The van der Waals surface area contributed by atoms with Crippen LogP contribution in [0, 0.1) is 0 Å². The lowest BCUT2D eigenvalue weighted by Crippen LogP contribution is -2.13. The van der Waals surface area contributed by atoms with Gasteiger partial charge < -0.3 is 5.32 Å². The van der Waals surface area contributed by atoms with Crippen LogP contribution in [0.5, 0.6) is 0 Å². The molecule has 0 unspecified atom stereocenters. The number of anilines is 1. The molecule has 1 N–H and O–H groups in total. The minimum Gasteiger partial charge on any atom is -0.304 e. The molecule has 4 heterocycles. The third-order valence-corrected chi connectivity index (χ3v) is 6.19. The van der Waals surface area contributed by atoms with Gasteiger partial charge in [-0.2, -0.15) is 5.10 Å². The molecule has 0 saturated heterocycles. The SMILES string of the molecule is O=C(Nc1ccn(Cc2ccncc2)n1)c1csc(-c2cc(Br)cs2)n1. The van der Waals surface area contributed by atoms with Gasteiger partial charge in [0, 0.05) is 39.9 Å². The number of nitrogens with one attached hydrogen (secondary N) is 1. The van der Waals surface area contributed by atoms with Crippen molar-refractivity contribution in [3.05, 3.63) is 69.3 Å². The number of halogens is 1. The molecule has 0 atom stereocenters. The van der Waals surface area contributed by atoms with E-state index >= 15 is 0 Å². The number of carbonyl (C=O) groups is 1. The van der Waals surface area contributed by atoms with Gasteiger partial charge in [-0.15, -0.1) is 22.7 Å². The number of hydrogen-bond acceptors (Lipinski definition) is 6. The number of thiophene rings is 1. The van der Waals surface area contributed by atoms with Crippen molar-refractivity contribution in [2.24, 2.45) is 0 Å². The Morgan fingerprint density at radius 2 is 2.04 bits per heavy atom. The quantitative estimate of drug-likeness (QED) is 0.489. The van der Waals surface area contributed by atoms with Crippen LogP contribution in [0.3, 0.4) is 0 Å². The highest BCUT2D eigenvalue weighted by atomic mass is 79.9. The molecule has 0 radical (unpaired) electrons. The van der Waals surface area contributed by atoms with Crippen molar-refractivity contribution < 1.29 is 4.79 Å². The number of aromatic nitrogens is 4. The summed E-state index contributed by atoms with van der Waals surface area (Å²) in [5.41, 5.74) is 1.48. The summed E-state index contributed by atoms with van der Waals surface area (Å²) in [5.74, 6) is 0.231. The molecule has 0 aliphatic heterocycles. The molecule has 4 aromatic rings. The fraction of sp³-hybridized carbons (Fsp3) is 0.0588. The largest absolute Gasteiger partial charge is 0.304 e. The van der Waals surface area contributed by atoms with Crippen LogP contribution < -0.4 is 5.32 Å². The lowest BCUT2D eigenvalue weighted by atomic mass is 10.3. The van der Waals surface area contributed by atoms with Crippen LogP contribution in [-0.2, 0) is 6.54 Å². The first kappa shape index (κ1) is 17.1. The van der Waals surface area contributed by atoms with Crippen molar-refractivity contribution in [1.29, 1.82) is 0 Å². The van der Waals surface area contributed by atoms with Crippen LogP contribution in [0.4, 0.5) is 5.82 Å². The number of carbonyl (C=O) groups excluding carboxylic acids is 1. The van der Waals surface area contributed by atoms with E-state index in [0.29, 0.717) is 18.1 Å². The first-order valence-corrected chi connectivity index (χ1v) is 10.2. The van der Waals surface area contributed by atoms with Gasteiger partial charge in [-0.1, -0.05) is 0 Å². The maximum Gasteiger partial charge on any atom is 0.276 e. The summed E-state index contributed by atoms with van der Waals surface area (Å²) in [6.45, 7) is 0.618. The van der Waals surface area contributed by atoms with Crippen molar-refractivity contribution in [3.8, 4) is 9.88 Å². The number of thiazole rings is 1. The van der Waals surface area contributed by atoms with E-state index in [1.54, 1.807) is 39.9 Å². The van der Waals surface area contributed by atoms with Gasteiger partial charge in [0.25, 0.3) is 5.91 Å². The Hall–Kier alpha value is -2.36. The summed E-state index contributed by atoms with van der Waals surface area (Å²) in [7, 11) is 0. The van der Waals surface area contributed by atoms with Crippen LogP contribution in [0.15, 0.2) is 58.1 Å². The zero-order valence-corrected chi connectivity index (χ0v) is 16.5. The number of amides is 1. The predicted octanol–water partition coefficient (Wildman–Crippen LogP) is 4.53. The van der Waals surface area contributed by atoms with Crippen LogP contribution in [-0.4, -0.2) is 25.7 Å². The van der Waals surface area contributed by atoms with Crippen molar-refractivity contribution in [2.45, 2.75) is 6.54 Å². The van der Waals surface area contributed by atoms with Crippen molar-refractivity contribution in [3.63, 3.8) is 0 Å². The molecule has 0 aliphatic carbocycles. The molecule has 1 amide bonds. The van der Waals surface area contributed by atoms with Gasteiger partial charge in [-0.25, -0.2) is 4.98 Å².